The predicted octanol–water partition coefficient (Wildman–Crippen LogP) is 2.74. The third kappa shape index (κ3) is 6.66. The molecule has 0 spiro atoms. The number of hydrogen-bond acceptors (Lipinski definition) is 3. The normalized spacial score (nSPS) is 12.2. The second kappa shape index (κ2) is 10.9. The zero-order chi connectivity index (χ0) is 19.5. The highest BCUT2D eigenvalue weighted by Crippen LogP contribution is 2.12. The van der Waals surface area contributed by atoms with Crippen LogP contribution < -0.4 is 20.7 Å². The lowest BCUT2D eigenvalue weighted by atomic mass is 10.1. The van der Waals surface area contributed by atoms with E-state index in [0.717, 1.165) is 12.5 Å². The van der Waals surface area contributed by atoms with E-state index >= 15 is 0 Å². The van der Waals surface area contributed by atoms with E-state index in [1.54, 1.807) is 25.3 Å². The third-order valence-electron chi connectivity index (χ3n) is 4.00. The molecule has 0 bridgehead atoms. The minimum atomic E-state index is -0.139. The Morgan fingerprint density at radius 3 is 2.59 bits per heavy atom. The molecule has 0 aliphatic carbocycles. The smallest absolute Gasteiger partial charge is 0.251 e. The molecule has 2 rings (SSSR count). The van der Waals surface area contributed by atoms with Crippen molar-refractivity contribution in [2.75, 3.05) is 26.7 Å². The molecule has 0 radical (unpaired) electrons. The van der Waals surface area contributed by atoms with Crippen LogP contribution in [-0.2, 0) is 0 Å². The Morgan fingerprint density at radius 2 is 1.89 bits per heavy atom. The number of guanidine groups is 1. The summed E-state index contributed by atoms with van der Waals surface area (Å²) in [6.45, 7) is 5.81. The summed E-state index contributed by atoms with van der Waals surface area (Å²) in [6, 6.07) is 17.4. The Kier molecular flexibility index (Phi) is 8.16. The van der Waals surface area contributed by atoms with Crippen molar-refractivity contribution < 1.29 is 9.53 Å². The lowest BCUT2D eigenvalue weighted by molar-refractivity contribution is 0.0954. The summed E-state index contributed by atoms with van der Waals surface area (Å²) in [6.07, 6.45) is 0. The quantitative estimate of drug-likeness (QED) is 0.380. The van der Waals surface area contributed by atoms with Gasteiger partial charge in [0.2, 0.25) is 0 Å². The van der Waals surface area contributed by atoms with Crippen LogP contribution in [0.4, 0.5) is 0 Å². The molecule has 2 aromatic carbocycles. The van der Waals surface area contributed by atoms with Crippen molar-refractivity contribution >= 4 is 11.9 Å². The van der Waals surface area contributed by atoms with Crippen molar-refractivity contribution in [2.45, 2.75) is 19.9 Å². The fraction of sp³-hybridized carbons (Fsp3) is 0.333. The van der Waals surface area contributed by atoms with Crippen LogP contribution in [0.2, 0.25) is 0 Å². The van der Waals surface area contributed by atoms with Crippen molar-refractivity contribution in [3.05, 3.63) is 65.7 Å². The Labute approximate surface area is 161 Å². The molecule has 144 valence electrons. The van der Waals surface area contributed by atoms with Crippen molar-refractivity contribution in [3.63, 3.8) is 0 Å². The average molecular weight is 368 g/mol. The Bertz CT molecular complexity index is 747. The van der Waals surface area contributed by atoms with Crippen LogP contribution in [0.5, 0.6) is 5.75 Å². The highest BCUT2D eigenvalue weighted by molar-refractivity contribution is 5.94. The van der Waals surface area contributed by atoms with Crippen LogP contribution in [-0.4, -0.2) is 38.6 Å². The van der Waals surface area contributed by atoms with Crippen molar-refractivity contribution in [1.29, 1.82) is 0 Å². The van der Waals surface area contributed by atoms with Gasteiger partial charge in [0.05, 0.1) is 19.7 Å². The molecule has 0 aliphatic rings. The summed E-state index contributed by atoms with van der Waals surface area (Å²) >= 11 is 0. The first-order chi connectivity index (χ1) is 13.1. The molecule has 0 aromatic heterocycles. The van der Waals surface area contributed by atoms with Gasteiger partial charge >= 0.3 is 0 Å². The molecule has 1 unspecified atom stereocenters. The lowest BCUT2D eigenvalue weighted by Gasteiger charge is -2.18. The number of methoxy groups -OCH3 is 1. The number of carbonyl (C=O) groups excluding carboxylic acids is 1. The molecule has 0 aliphatic heterocycles. The second-order valence-corrected chi connectivity index (χ2v) is 6.03. The van der Waals surface area contributed by atoms with Gasteiger partial charge in [0, 0.05) is 18.7 Å². The summed E-state index contributed by atoms with van der Waals surface area (Å²) < 4.78 is 5.14. The zero-order valence-electron chi connectivity index (χ0n) is 16.2. The van der Waals surface area contributed by atoms with Crippen LogP contribution in [0.1, 0.15) is 35.8 Å². The van der Waals surface area contributed by atoms with Gasteiger partial charge in [-0.3, -0.25) is 9.79 Å². The number of aliphatic imine (C=N–C) groups is 1. The number of ether oxygens (including phenoxy) is 1. The van der Waals surface area contributed by atoms with E-state index in [4.69, 9.17) is 4.74 Å². The molecule has 6 heteroatoms. The highest BCUT2D eigenvalue weighted by Gasteiger charge is 2.08. The maximum atomic E-state index is 12.2. The van der Waals surface area contributed by atoms with Crippen LogP contribution >= 0.6 is 0 Å². The SMILES string of the molecule is CCNC(=NCCNC(=O)c1cccc(OC)c1)NC(C)c1ccccc1. The van der Waals surface area contributed by atoms with Gasteiger partial charge in [0.25, 0.3) is 5.91 Å². The molecular weight excluding hydrogens is 340 g/mol. The van der Waals surface area contributed by atoms with Gasteiger partial charge in [-0.05, 0) is 37.6 Å². The first-order valence-corrected chi connectivity index (χ1v) is 9.16. The zero-order valence-corrected chi connectivity index (χ0v) is 16.2. The van der Waals surface area contributed by atoms with Gasteiger partial charge in [0.15, 0.2) is 5.96 Å². The van der Waals surface area contributed by atoms with Gasteiger partial charge in [-0.25, -0.2) is 0 Å². The number of carbonyl (C=O) groups is 1. The van der Waals surface area contributed by atoms with Crippen molar-refractivity contribution in [1.82, 2.24) is 16.0 Å². The number of nitrogens with one attached hydrogen (secondary N) is 3. The van der Waals surface area contributed by atoms with Gasteiger partial charge in [-0.2, -0.15) is 0 Å². The third-order valence-corrected chi connectivity index (χ3v) is 4.00. The topological polar surface area (TPSA) is 74.8 Å². The number of amides is 1. The second-order valence-electron chi connectivity index (χ2n) is 6.03. The van der Waals surface area contributed by atoms with Crippen LogP contribution in [0.3, 0.4) is 0 Å². The number of benzene rings is 2. The molecule has 0 saturated carbocycles. The van der Waals surface area contributed by atoms with Gasteiger partial charge in [-0.15, -0.1) is 0 Å². The Morgan fingerprint density at radius 1 is 1.11 bits per heavy atom. The van der Waals surface area contributed by atoms with E-state index in [1.165, 1.54) is 5.56 Å². The molecular formula is C21H28N4O2. The van der Waals surface area contributed by atoms with Gasteiger partial charge < -0.3 is 20.7 Å². The molecule has 6 nitrogen and oxygen atoms in total. The van der Waals surface area contributed by atoms with Gasteiger partial charge in [-0.1, -0.05) is 36.4 Å². The largest absolute Gasteiger partial charge is 0.497 e. The highest BCUT2D eigenvalue weighted by atomic mass is 16.5. The summed E-state index contributed by atoms with van der Waals surface area (Å²) in [5.74, 6) is 1.25. The molecule has 3 N–H and O–H groups in total. The summed E-state index contributed by atoms with van der Waals surface area (Å²) in [4.78, 5) is 16.7. The standard InChI is InChI=1S/C21H28N4O2/c1-4-22-21(25-16(2)17-9-6-5-7-10-17)24-14-13-23-20(26)18-11-8-12-19(15-18)27-3/h5-12,15-16H,4,13-14H2,1-3H3,(H,23,26)(H2,22,24,25). The number of rotatable bonds is 8. The maximum absolute atomic E-state index is 12.2. The number of hydrogen-bond donors (Lipinski definition) is 3. The molecule has 0 saturated heterocycles. The van der Waals surface area contributed by atoms with E-state index in [-0.39, 0.29) is 11.9 Å². The molecule has 1 atom stereocenters. The maximum Gasteiger partial charge on any atom is 0.251 e. The van der Waals surface area contributed by atoms with E-state index < -0.39 is 0 Å². The van der Waals surface area contributed by atoms with E-state index in [2.05, 4.69) is 40.0 Å². The van der Waals surface area contributed by atoms with E-state index in [1.807, 2.05) is 31.2 Å². The Hall–Kier alpha value is -3.02. The molecule has 0 heterocycles. The van der Waals surface area contributed by atoms with Crippen molar-refractivity contribution in [3.8, 4) is 5.75 Å². The van der Waals surface area contributed by atoms with E-state index in [0.29, 0.717) is 24.4 Å². The van der Waals surface area contributed by atoms with E-state index in [9.17, 15) is 4.79 Å². The minimum absolute atomic E-state index is 0.135. The van der Waals surface area contributed by atoms with Crippen LogP contribution in [0.15, 0.2) is 59.6 Å². The Balaban J connectivity index is 1.86. The average Bonchev–Trinajstić information content (AvgIpc) is 2.71. The molecule has 0 fully saturated rings. The minimum Gasteiger partial charge on any atom is -0.497 e. The number of nitrogens with zero attached hydrogens (tertiary/aromatic N) is 1. The predicted molar refractivity (Wildman–Crippen MR) is 109 cm³/mol. The first-order valence-electron chi connectivity index (χ1n) is 9.16. The van der Waals surface area contributed by atoms with Gasteiger partial charge in [0.1, 0.15) is 5.75 Å². The van der Waals surface area contributed by atoms with Crippen molar-refractivity contribution in [2.24, 2.45) is 4.99 Å². The van der Waals surface area contributed by atoms with Crippen LogP contribution in [0.25, 0.3) is 0 Å². The molecule has 2 aromatic rings. The summed E-state index contributed by atoms with van der Waals surface area (Å²) in [7, 11) is 1.58. The monoisotopic (exact) mass is 368 g/mol. The first kappa shape index (κ1) is 20.3. The lowest BCUT2D eigenvalue weighted by Crippen LogP contribution is -2.39. The molecule has 27 heavy (non-hydrogen) atoms. The summed E-state index contributed by atoms with van der Waals surface area (Å²) in [5.41, 5.74) is 1.76. The fourth-order valence-corrected chi connectivity index (χ4v) is 2.55. The fourth-order valence-electron chi connectivity index (χ4n) is 2.55. The summed E-state index contributed by atoms with van der Waals surface area (Å²) in [5, 5.41) is 9.48. The molecule has 1 amide bonds. The van der Waals surface area contributed by atoms with Crippen LogP contribution in [0, 0.1) is 0 Å².